The van der Waals surface area contributed by atoms with Gasteiger partial charge in [0.1, 0.15) is 5.76 Å². The minimum absolute atomic E-state index is 0.0454. The quantitative estimate of drug-likeness (QED) is 0.636. The number of hydrogen-bond acceptors (Lipinski definition) is 2. The molecule has 1 N–H and O–H groups in total. The van der Waals surface area contributed by atoms with Gasteiger partial charge in [0, 0.05) is 12.8 Å². The van der Waals surface area contributed by atoms with Crippen molar-refractivity contribution in [3.05, 3.63) is 21.9 Å². The van der Waals surface area contributed by atoms with Crippen molar-refractivity contribution >= 4 is 29.0 Å². The molecule has 1 unspecified atom stereocenters. The van der Waals surface area contributed by atoms with Gasteiger partial charge >= 0.3 is 0 Å². The van der Waals surface area contributed by atoms with Crippen LogP contribution in [0.15, 0.2) is 21.9 Å². The van der Waals surface area contributed by atoms with E-state index in [1.165, 1.54) is 0 Å². The van der Waals surface area contributed by atoms with Crippen LogP contribution in [0, 0.1) is 0 Å². The zero-order chi connectivity index (χ0) is 9.59. The van der Waals surface area contributed by atoms with Crippen LogP contribution in [-0.2, 0) is 4.79 Å². The van der Waals surface area contributed by atoms with Crippen LogP contribution in [0.5, 0.6) is 0 Å². The maximum atomic E-state index is 11.3. The van der Waals surface area contributed by atoms with Gasteiger partial charge < -0.3 is 5.11 Å². The second-order valence-electron chi connectivity index (χ2n) is 3.25. The molecular formula is C9H8Cl2O2. The van der Waals surface area contributed by atoms with Crippen LogP contribution < -0.4 is 0 Å². The molecule has 0 amide bonds. The van der Waals surface area contributed by atoms with Gasteiger partial charge in [0.25, 0.3) is 0 Å². The van der Waals surface area contributed by atoms with Crippen LogP contribution in [0.4, 0.5) is 0 Å². The van der Waals surface area contributed by atoms with Crippen LogP contribution >= 0.6 is 23.2 Å². The fourth-order valence-electron chi connectivity index (χ4n) is 1.79. The Kier molecular flexibility index (Phi) is 2.12. The highest BCUT2D eigenvalue weighted by atomic mass is 35.5. The van der Waals surface area contributed by atoms with E-state index in [0.717, 1.165) is 5.57 Å². The van der Waals surface area contributed by atoms with Gasteiger partial charge in [-0.15, -0.1) is 11.6 Å². The highest BCUT2D eigenvalue weighted by molar-refractivity contribution is 6.33. The first-order chi connectivity index (χ1) is 6.11. The Morgan fingerprint density at radius 3 is 2.77 bits per heavy atom. The zero-order valence-electron chi connectivity index (χ0n) is 6.81. The molecule has 0 aromatic heterocycles. The minimum Gasteiger partial charge on any atom is -0.506 e. The molecule has 0 aromatic rings. The maximum absolute atomic E-state index is 11.3. The van der Waals surface area contributed by atoms with Gasteiger partial charge in [-0.1, -0.05) is 11.6 Å². The lowest BCUT2D eigenvalue weighted by atomic mass is 9.97. The fourth-order valence-corrected chi connectivity index (χ4v) is 2.49. The predicted molar refractivity (Wildman–Crippen MR) is 51.0 cm³/mol. The van der Waals surface area contributed by atoms with Crippen molar-refractivity contribution in [2.24, 2.45) is 0 Å². The van der Waals surface area contributed by atoms with E-state index in [1.54, 1.807) is 0 Å². The third kappa shape index (κ3) is 1.29. The van der Waals surface area contributed by atoms with Gasteiger partial charge in [-0.2, -0.15) is 0 Å². The average molecular weight is 219 g/mol. The first-order valence-electron chi connectivity index (χ1n) is 4.09. The van der Waals surface area contributed by atoms with Crippen LogP contribution in [0.3, 0.4) is 0 Å². The molecule has 0 saturated carbocycles. The number of ketones is 1. The second-order valence-corrected chi connectivity index (χ2v) is 4.23. The Morgan fingerprint density at radius 2 is 2.08 bits per heavy atom. The zero-order valence-corrected chi connectivity index (χ0v) is 8.32. The Balaban J connectivity index is 2.52. The predicted octanol–water partition coefficient (Wildman–Crippen LogP) is 2.67. The van der Waals surface area contributed by atoms with Crippen molar-refractivity contribution in [2.45, 2.75) is 24.6 Å². The number of Topliss-reactive ketones (excluding diaryl/α,β-unsaturated/α-hetero) is 1. The smallest absolute Gasteiger partial charge is 0.166 e. The van der Waals surface area contributed by atoms with Gasteiger partial charge in [-0.05, 0) is 12.0 Å². The van der Waals surface area contributed by atoms with Crippen LogP contribution in [0.1, 0.15) is 19.3 Å². The summed E-state index contributed by atoms with van der Waals surface area (Å²) in [5.41, 5.74) is 1.23. The summed E-state index contributed by atoms with van der Waals surface area (Å²) in [5.74, 6) is -0.105. The highest BCUT2D eigenvalue weighted by Gasteiger charge is 2.35. The molecule has 0 aromatic carbocycles. The molecule has 2 aliphatic carbocycles. The summed E-state index contributed by atoms with van der Waals surface area (Å²) in [6.07, 6.45) is 1.54. The molecule has 0 saturated heterocycles. The van der Waals surface area contributed by atoms with Crippen LogP contribution in [0.25, 0.3) is 0 Å². The summed E-state index contributed by atoms with van der Waals surface area (Å²) < 4.78 is 0. The Hall–Kier alpha value is -0.470. The molecule has 0 aliphatic heterocycles. The van der Waals surface area contributed by atoms with Crippen LogP contribution in [0.2, 0.25) is 0 Å². The van der Waals surface area contributed by atoms with Crippen molar-refractivity contribution in [1.29, 1.82) is 0 Å². The number of rotatable bonds is 0. The number of allylic oxidation sites excluding steroid dienone is 3. The highest BCUT2D eigenvalue weighted by Crippen LogP contribution is 2.40. The molecule has 4 heteroatoms. The Bertz CT molecular complexity index is 342. The molecule has 13 heavy (non-hydrogen) atoms. The van der Waals surface area contributed by atoms with E-state index in [9.17, 15) is 9.90 Å². The molecule has 0 radical (unpaired) electrons. The molecule has 2 nitrogen and oxygen atoms in total. The molecule has 70 valence electrons. The number of halogens is 2. The SMILES string of the molecule is O=C1CCC2=C1C(O)=C(Cl)CC2Cl. The molecule has 0 spiro atoms. The van der Waals surface area contributed by atoms with Gasteiger partial charge in [-0.3, -0.25) is 4.79 Å². The summed E-state index contributed by atoms with van der Waals surface area (Å²) in [7, 11) is 0. The minimum atomic E-state index is -0.218. The first-order valence-corrected chi connectivity index (χ1v) is 4.91. The van der Waals surface area contributed by atoms with Gasteiger partial charge in [0.15, 0.2) is 5.78 Å². The van der Waals surface area contributed by atoms with Gasteiger partial charge in [0.2, 0.25) is 0 Å². The Morgan fingerprint density at radius 1 is 1.38 bits per heavy atom. The summed E-state index contributed by atoms with van der Waals surface area (Å²) in [6, 6.07) is 0. The molecule has 2 rings (SSSR count). The molecule has 0 bridgehead atoms. The molecule has 0 heterocycles. The van der Waals surface area contributed by atoms with Crippen molar-refractivity contribution < 1.29 is 9.90 Å². The van der Waals surface area contributed by atoms with E-state index in [-0.39, 0.29) is 16.9 Å². The lowest BCUT2D eigenvalue weighted by Gasteiger charge is -2.18. The van der Waals surface area contributed by atoms with Gasteiger partial charge in [-0.25, -0.2) is 0 Å². The molecule has 2 aliphatic rings. The van der Waals surface area contributed by atoms with E-state index in [1.807, 2.05) is 0 Å². The van der Waals surface area contributed by atoms with Crippen molar-refractivity contribution in [2.75, 3.05) is 0 Å². The van der Waals surface area contributed by atoms with E-state index in [0.29, 0.717) is 29.9 Å². The number of aliphatic hydroxyl groups is 1. The summed E-state index contributed by atoms with van der Waals surface area (Å²) in [5, 5.41) is 9.63. The Labute approximate surface area is 85.8 Å². The average Bonchev–Trinajstić information content (AvgIpc) is 2.44. The third-order valence-corrected chi connectivity index (χ3v) is 3.20. The number of carbonyl (C=O) groups excluding carboxylic acids is 1. The molecule has 1 atom stereocenters. The van der Waals surface area contributed by atoms with Crippen LogP contribution in [-0.4, -0.2) is 16.3 Å². The summed E-state index contributed by atoms with van der Waals surface area (Å²) >= 11 is 11.8. The third-order valence-electron chi connectivity index (χ3n) is 2.45. The first kappa shape index (κ1) is 9.10. The topological polar surface area (TPSA) is 37.3 Å². The standard InChI is InChI=1S/C9H8Cl2O2/c10-5-3-6(11)9(13)8-4(5)1-2-7(8)12/h5,13H,1-3H2. The largest absolute Gasteiger partial charge is 0.506 e. The van der Waals surface area contributed by atoms with Crippen molar-refractivity contribution in [1.82, 2.24) is 0 Å². The number of aliphatic hydroxyl groups excluding tert-OH is 1. The fraction of sp³-hybridized carbons (Fsp3) is 0.444. The second kappa shape index (κ2) is 3.03. The lowest BCUT2D eigenvalue weighted by Crippen LogP contribution is -2.13. The summed E-state index contributed by atoms with van der Waals surface area (Å²) in [6.45, 7) is 0. The van der Waals surface area contributed by atoms with E-state index in [2.05, 4.69) is 0 Å². The number of hydrogen-bond donors (Lipinski definition) is 1. The van der Waals surface area contributed by atoms with E-state index in [4.69, 9.17) is 23.2 Å². The molecule has 0 fully saturated rings. The van der Waals surface area contributed by atoms with Gasteiger partial charge in [0.05, 0.1) is 16.0 Å². The maximum Gasteiger partial charge on any atom is 0.166 e. The number of alkyl halides is 1. The lowest BCUT2D eigenvalue weighted by molar-refractivity contribution is -0.114. The molecular weight excluding hydrogens is 211 g/mol. The van der Waals surface area contributed by atoms with Crippen molar-refractivity contribution in [3.8, 4) is 0 Å². The number of carbonyl (C=O) groups is 1. The van der Waals surface area contributed by atoms with E-state index < -0.39 is 0 Å². The monoisotopic (exact) mass is 218 g/mol. The normalized spacial score (nSPS) is 28.5. The summed E-state index contributed by atoms with van der Waals surface area (Å²) in [4.78, 5) is 11.3. The van der Waals surface area contributed by atoms with Crippen molar-refractivity contribution in [3.63, 3.8) is 0 Å². The van der Waals surface area contributed by atoms with E-state index >= 15 is 0 Å².